The molecule has 2 N–H and O–H groups in total. The average molecular weight is 281 g/mol. The number of carbonyl (C=O) groups is 1. The van der Waals surface area contributed by atoms with Crippen molar-refractivity contribution >= 4 is 27.2 Å². The number of nitrogens with two attached hydrogens (primary N) is 1. The van der Waals surface area contributed by atoms with Crippen LogP contribution >= 0.6 is 11.3 Å². The smallest absolute Gasteiger partial charge is 0.167 e. The van der Waals surface area contributed by atoms with E-state index in [0.29, 0.717) is 13.0 Å². The van der Waals surface area contributed by atoms with Crippen molar-refractivity contribution in [2.45, 2.75) is 13.0 Å². The first-order chi connectivity index (χ1) is 9.78. The fraction of sp³-hybridized carbons (Fsp3) is 0.118. The van der Waals surface area contributed by atoms with Gasteiger partial charge in [0.15, 0.2) is 5.78 Å². The Kier molecular flexibility index (Phi) is 3.63. The highest BCUT2D eigenvalue weighted by molar-refractivity contribution is 7.17. The van der Waals surface area contributed by atoms with Crippen LogP contribution in [0.15, 0.2) is 53.9 Å². The Labute approximate surface area is 121 Å². The molecule has 0 fully saturated rings. The summed E-state index contributed by atoms with van der Waals surface area (Å²) in [6.45, 7) is 0.504. The van der Waals surface area contributed by atoms with E-state index in [9.17, 15) is 4.79 Å². The topological polar surface area (TPSA) is 43.1 Å². The molecule has 0 aliphatic heterocycles. The molecule has 0 saturated heterocycles. The molecule has 1 heterocycles. The van der Waals surface area contributed by atoms with Crippen LogP contribution in [0.5, 0.6) is 0 Å². The fourth-order valence-corrected chi connectivity index (χ4v) is 3.23. The molecule has 1 aromatic heterocycles. The molecule has 0 saturated carbocycles. The van der Waals surface area contributed by atoms with E-state index >= 15 is 0 Å². The van der Waals surface area contributed by atoms with Crippen LogP contribution < -0.4 is 5.73 Å². The molecule has 3 aromatic rings. The van der Waals surface area contributed by atoms with Gasteiger partial charge in [-0.2, -0.15) is 0 Å². The van der Waals surface area contributed by atoms with Crippen LogP contribution in [0.3, 0.4) is 0 Å². The highest BCUT2D eigenvalue weighted by atomic mass is 32.1. The molecule has 2 aromatic carbocycles. The van der Waals surface area contributed by atoms with Gasteiger partial charge in [0.2, 0.25) is 0 Å². The second-order valence-corrected chi connectivity index (χ2v) is 5.67. The van der Waals surface area contributed by atoms with E-state index in [1.54, 1.807) is 11.3 Å². The van der Waals surface area contributed by atoms with Crippen LogP contribution in [0.1, 0.15) is 21.5 Å². The molecule has 3 heteroatoms. The van der Waals surface area contributed by atoms with E-state index in [2.05, 4.69) is 17.5 Å². The van der Waals surface area contributed by atoms with Gasteiger partial charge in [-0.1, -0.05) is 42.5 Å². The van der Waals surface area contributed by atoms with Gasteiger partial charge < -0.3 is 5.73 Å². The van der Waals surface area contributed by atoms with Crippen LogP contribution in [-0.4, -0.2) is 5.78 Å². The lowest BCUT2D eigenvalue weighted by molar-refractivity contribution is 0.0993. The van der Waals surface area contributed by atoms with Crippen LogP contribution in [0.25, 0.3) is 10.1 Å². The van der Waals surface area contributed by atoms with Gasteiger partial charge in [-0.3, -0.25) is 4.79 Å². The Morgan fingerprint density at radius 2 is 1.80 bits per heavy atom. The number of thiophene rings is 1. The second-order valence-electron chi connectivity index (χ2n) is 4.76. The van der Waals surface area contributed by atoms with E-state index in [-0.39, 0.29) is 5.78 Å². The predicted octanol–water partition coefficient (Wildman–Crippen LogP) is 3.79. The first kappa shape index (κ1) is 13.0. The summed E-state index contributed by atoms with van der Waals surface area (Å²) in [6, 6.07) is 15.8. The maximum Gasteiger partial charge on any atom is 0.167 e. The molecular formula is C17H15NOS. The summed E-state index contributed by atoms with van der Waals surface area (Å²) in [6.07, 6.45) is 0.450. The zero-order chi connectivity index (χ0) is 13.9. The second kappa shape index (κ2) is 5.57. The normalized spacial score (nSPS) is 10.8. The Morgan fingerprint density at radius 3 is 2.55 bits per heavy atom. The van der Waals surface area contributed by atoms with Crippen LogP contribution in [0.4, 0.5) is 0 Å². The van der Waals surface area contributed by atoms with Crippen molar-refractivity contribution in [1.29, 1.82) is 0 Å². The average Bonchev–Trinajstić information content (AvgIpc) is 2.91. The van der Waals surface area contributed by atoms with Crippen molar-refractivity contribution in [3.05, 3.63) is 70.6 Å². The van der Waals surface area contributed by atoms with Gasteiger partial charge in [-0.15, -0.1) is 11.3 Å². The molecule has 0 bridgehead atoms. The first-order valence-corrected chi connectivity index (χ1v) is 7.43. The van der Waals surface area contributed by atoms with Crippen molar-refractivity contribution in [3.8, 4) is 0 Å². The summed E-state index contributed by atoms with van der Waals surface area (Å²) in [4.78, 5) is 12.3. The van der Waals surface area contributed by atoms with Gasteiger partial charge in [-0.25, -0.2) is 0 Å². The monoisotopic (exact) mass is 281 g/mol. The van der Waals surface area contributed by atoms with Gasteiger partial charge in [0, 0.05) is 23.2 Å². The molecule has 0 atom stereocenters. The number of carbonyl (C=O) groups excluding carboxylic acids is 1. The predicted molar refractivity (Wildman–Crippen MR) is 84.2 cm³/mol. The standard InChI is InChI=1S/C17H15NOS/c18-10-12-5-7-13(8-6-12)16(19)9-14-11-20-17-4-2-1-3-15(14)17/h1-8,11H,9-10,18H2. The van der Waals surface area contributed by atoms with Crippen LogP contribution in [0.2, 0.25) is 0 Å². The number of rotatable bonds is 4. The zero-order valence-corrected chi connectivity index (χ0v) is 11.8. The largest absolute Gasteiger partial charge is 0.326 e. The Bertz CT molecular complexity index is 743. The Morgan fingerprint density at radius 1 is 1.05 bits per heavy atom. The number of Topliss-reactive ketones (excluding diaryl/α,β-unsaturated/α-hetero) is 1. The Balaban J connectivity index is 1.84. The molecule has 20 heavy (non-hydrogen) atoms. The van der Waals surface area contributed by atoms with E-state index in [4.69, 9.17) is 5.73 Å². The minimum atomic E-state index is 0.150. The third kappa shape index (κ3) is 2.50. The molecule has 0 aliphatic carbocycles. The number of fused-ring (bicyclic) bond motifs is 1. The van der Waals surface area contributed by atoms with Crippen LogP contribution in [-0.2, 0) is 13.0 Å². The van der Waals surface area contributed by atoms with Crippen molar-refractivity contribution in [2.75, 3.05) is 0 Å². The molecule has 2 nitrogen and oxygen atoms in total. The Hall–Kier alpha value is -1.97. The highest BCUT2D eigenvalue weighted by Gasteiger charge is 2.10. The van der Waals surface area contributed by atoms with E-state index < -0.39 is 0 Å². The zero-order valence-electron chi connectivity index (χ0n) is 11.0. The molecular weight excluding hydrogens is 266 g/mol. The number of hydrogen-bond acceptors (Lipinski definition) is 3. The molecule has 0 spiro atoms. The van der Waals surface area contributed by atoms with Crippen molar-refractivity contribution in [1.82, 2.24) is 0 Å². The third-order valence-electron chi connectivity index (χ3n) is 3.42. The fourth-order valence-electron chi connectivity index (χ4n) is 2.27. The maximum atomic E-state index is 12.3. The minimum Gasteiger partial charge on any atom is -0.326 e. The van der Waals surface area contributed by atoms with Gasteiger partial charge in [0.1, 0.15) is 0 Å². The number of hydrogen-bond donors (Lipinski definition) is 1. The minimum absolute atomic E-state index is 0.150. The lowest BCUT2D eigenvalue weighted by atomic mass is 10.0. The van der Waals surface area contributed by atoms with Crippen molar-refractivity contribution in [3.63, 3.8) is 0 Å². The quantitative estimate of drug-likeness (QED) is 0.739. The molecule has 100 valence electrons. The van der Waals surface area contributed by atoms with Crippen molar-refractivity contribution < 1.29 is 4.79 Å². The molecule has 0 unspecified atom stereocenters. The first-order valence-electron chi connectivity index (χ1n) is 6.55. The van der Waals surface area contributed by atoms with Crippen LogP contribution in [0, 0.1) is 0 Å². The summed E-state index contributed by atoms with van der Waals surface area (Å²) in [5, 5.41) is 3.26. The van der Waals surface area contributed by atoms with E-state index in [0.717, 1.165) is 16.7 Å². The summed E-state index contributed by atoms with van der Waals surface area (Å²) in [5.41, 5.74) is 8.47. The third-order valence-corrected chi connectivity index (χ3v) is 4.44. The number of benzene rings is 2. The van der Waals surface area contributed by atoms with Gasteiger partial charge >= 0.3 is 0 Å². The van der Waals surface area contributed by atoms with Gasteiger partial charge in [0.05, 0.1) is 0 Å². The summed E-state index contributed by atoms with van der Waals surface area (Å²) >= 11 is 1.69. The summed E-state index contributed by atoms with van der Waals surface area (Å²) < 4.78 is 1.23. The SMILES string of the molecule is NCc1ccc(C(=O)Cc2csc3ccccc23)cc1. The van der Waals surface area contributed by atoms with Gasteiger partial charge in [-0.05, 0) is 28.0 Å². The lowest BCUT2D eigenvalue weighted by Crippen LogP contribution is -2.04. The molecule has 0 aliphatic rings. The van der Waals surface area contributed by atoms with E-state index in [1.807, 2.05) is 36.4 Å². The highest BCUT2D eigenvalue weighted by Crippen LogP contribution is 2.26. The number of ketones is 1. The summed E-state index contributed by atoms with van der Waals surface area (Å²) in [7, 11) is 0. The maximum absolute atomic E-state index is 12.3. The molecule has 0 amide bonds. The molecule has 3 rings (SSSR count). The summed E-state index contributed by atoms with van der Waals surface area (Å²) in [5.74, 6) is 0.150. The van der Waals surface area contributed by atoms with Crippen molar-refractivity contribution in [2.24, 2.45) is 5.73 Å². The lowest BCUT2D eigenvalue weighted by Gasteiger charge is -2.02. The molecule has 0 radical (unpaired) electrons. The van der Waals surface area contributed by atoms with E-state index in [1.165, 1.54) is 10.1 Å². The van der Waals surface area contributed by atoms with Gasteiger partial charge in [0.25, 0.3) is 0 Å².